The average Bonchev–Trinajstić information content (AvgIpc) is 2.52. The molecule has 0 amide bonds. The Kier molecular flexibility index (Phi) is 1.57. The fraction of sp³-hybridized carbons (Fsp3) is 0.636. The Balaban J connectivity index is 2.28. The van der Waals surface area contributed by atoms with Gasteiger partial charge in [-0.2, -0.15) is 5.10 Å². The number of hydrogen-bond donors (Lipinski definition) is 1. The first-order valence-corrected chi connectivity index (χ1v) is 5.59. The van der Waals surface area contributed by atoms with Gasteiger partial charge < -0.3 is 5.73 Å². The minimum Gasteiger partial charge on any atom is -0.369 e. The molecule has 0 aliphatic heterocycles. The number of nitrogens with two attached hydrogens (primary N) is 1. The normalized spacial score (nSPS) is 22.9. The summed E-state index contributed by atoms with van der Waals surface area (Å²) in [5.41, 5.74) is 9.27. The molecule has 86 valence electrons. The smallest absolute Gasteiger partial charge is 0.202 e. The summed E-state index contributed by atoms with van der Waals surface area (Å²) < 4.78 is 4.01. The van der Waals surface area contributed by atoms with Crippen LogP contribution < -0.4 is 5.73 Å². The fourth-order valence-corrected chi connectivity index (χ4v) is 2.50. The number of hydrogen-bond acceptors (Lipinski definition) is 3. The van der Waals surface area contributed by atoms with Crippen LogP contribution in [0.25, 0.3) is 11.2 Å². The summed E-state index contributed by atoms with van der Waals surface area (Å²) in [5, 5.41) is 4.39. The molecule has 0 saturated heterocycles. The van der Waals surface area contributed by atoms with Crippen molar-refractivity contribution in [3.8, 4) is 0 Å². The van der Waals surface area contributed by atoms with Crippen LogP contribution in [-0.2, 0) is 7.05 Å². The Morgan fingerprint density at radius 1 is 1.44 bits per heavy atom. The van der Waals surface area contributed by atoms with Gasteiger partial charge in [-0.15, -0.1) is 0 Å². The second-order valence-electron chi connectivity index (χ2n) is 5.43. The van der Waals surface area contributed by atoms with Gasteiger partial charge in [0.2, 0.25) is 5.95 Å². The van der Waals surface area contributed by atoms with Crippen LogP contribution >= 0.6 is 0 Å². The molecular weight excluding hydrogens is 202 g/mol. The molecule has 0 bridgehead atoms. The van der Waals surface area contributed by atoms with Crippen LogP contribution in [0, 0.1) is 12.3 Å². The van der Waals surface area contributed by atoms with Crippen molar-refractivity contribution in [1.29, 1.82) is 0 Å². The van der Waals surface area contributed by atoms with Gasteiger partial charge in [0, 0.05) is 13.1 Å². The van der Waals surface area contributed by atoms with E-state index in [9.17, 15) is 0 Å². The molecule has 5 heteroatoms. The molecule has 2 N–H and O–H groups in total. The fourth-order valence-electron chi connectivity index (χ4n) is 2.50. The summed E-state index contributed by atoms with van der Waals surface area (Å²) in [4.78, 5) is 4.42. The summed E-state index contributed by atoms with van der Waals surface area (Å²) in [6.07, 6.45) is 1.16. The zero-order valence-electron chi connectivity index (χ0n) is 10.2. The summed E-state index contributed by atoms with van der Waals surface area (Å²) in [6, 6.07) is 0.465. The Bertz CT molecular complexity index is 575. The number of rotatable bonds is 1. The third-order valence-corrected chi connectivity index (χ3v) is 3.64. The van der Waals surface area contributed by atoms with E-state index in [2.05, 4.69) is 28.5 Å². The monoisotopic (exact) mass is 219 g/mol. The molecule has 5 nitrogen and oxygen atoms in total. The summed E-state index contributed by atoms with van der Waals surface area (Å²) in [5.74, 6) is 0.613. The van der Waals surface area contributed by atoms with E-state index in [-0.39, 0.29) is 0 Å². The lowest BCUT2D eigenvalue weighted by Gasteiger charge is -2.08. The maximum Gasteiger partial charge on any atom is 0.202 e. The molecule has 1 unspecified atom stereocenters. The molecule has 2 aromatic rings. The lowest BCUT2D eigenvalue weighted by molar-refractivity contribution is 0.545. The molecule has 2 aromatic heterocycles. The van der Waals surface area contributed by atoms with Crippen LogP contribution in [0.5, 0.6) is 0 Å². The molecular formula is C11H17N5. The number of nitrogen functional groups attached to an aromatic ring is 1. The molecule has 0 spiro atoms. The Morgan fingerprint density at radius 3 is 2.62 bits per heavy atom. The lowest BCUT2D eigenvalue weighted by atomic mass is 10.2. The highest BCUT2D eigenvalue weighted by atomic mass is 15.4. The van der Waals surface area contributed by atoms with E-state index < -0.39 is 0 Å². The third kappa shape index (κ3) is 1.06. The zero-order valence-corrected chi connectivity index (χ0v) is 10.2. The van der Waals surface area contributed by atoms with E-state index in [1.54, 1.807) is 0 Å². The van der Waals surface area contributed by atoms with Crippen molar-refractivity contribution in [3.63, 3.8) is 0 Å². The van der Waals surface area contributed by atoms with E-state index in [1.807, 2.05) is 18.7 Å². The van der Waals surface area contributed by atoms with E-state index in [1.165, 1.54) is 0 Å². The van der Waals surface area contributed by atoms with E-state index in [4.69, 9.17) is 5.73 Å². The predicted molar refractivity (Wildman–Crippen MR) is 63.1 cm³/mol. The minimum atomic E-state index is 0.333. The van der Waals surface area contributed by atoms with Crippen molar-refractivity contribution in [2.24, 2.45) is 12.5 Å². The summed E-state index contributed by atoms with van der Waals surface area (Å²) in [6.45, 7) is 6.48. The topological polar surface area (TPSA) is 61.7 Å². The molecule has 1 aliphatic rings. The Labute approximate surface area is 94.2 Å². The number of aryl methyl sites for hydroxylation is 2. The van der Waals surface area contributed by atoms with Gasteiger partial charge in [0.1, 0.15) is 5.52 Å². The van der Waals surface area contributed by atoms with Crippen LogP contribution in [0.3, 0.4) is 0 Å². The summed E-state index contributed by atoms with van der Waals surface area (Å²) in [7, 11) is 1.95. The third-order valence-electron chi connectivity index (χ3n) is 3.64. The van der Waals surface area contributed by atoms with Gasteiger partial charge in [0.05, 0.1) is 5.69 Å². The number of anilines is 1. The van der Waals surface area contributed by atoms with Crippen molar-refractivity contribution in [3.05, 3.63) is 5.69 Å². The molecule has 2 heterocycles. The van der Waals surface area contributed by atoms with E-state index in [0.717, 1.165) is 23.3 Å². The number of fused-ring (bicyclic) bond motifs is 1. The van der Waals surface area contributed by atoms with Crippen molar-refractivity contribution in [1.82, 2.24) is 19.3 Å². The first-order valence-electron chi connectivity index (χ1n) is 5.59. The van der Waals surface area contributed by atoms with Gasteiger partial charge in [-0.05, 0) is 18.8 Å². The van der Waals surface area contributed by atoms with Gasteiger partial charge in [-0.25, -0.2) is 4.98 Å². The molecule has 16 heavy (non-hydrogen) atoms. The average molecular weight is 219 g/mol. The second-order valence-corrected chi connectivity index (χ2v) is 5.43. The Morgan fingerprint density at radius 2 is 2.06 bits per heavy atom. The SMILES string of the molecule is Cc1nn(C)c2c1nc(N)n2C1CC1(C)C. The van der Waals surface area contributed by atoms with E-state index >= 15 is 0 Å². The van der Waals surface area contributed by atoms with Crippen LogP contribution in [-0.4, -0.2) is 19.3 Å². The molecule has 1 saturated carbocycles. The highest BCUT2D eigenvalue weighted by Gasteiger charge is 2.49. The van der Waals surface area contributed by atoms with Gasteiger partial charge in [-0.3, -0.25) is 9.25 Å². The van der Waals surface area contributed by atoms with Gasteiger partial charge in [-0.1, -0.05) is 13.8 Å². The molecule has 0 aromatic carbocycles. The molecule has 1 atom stereocenters. The first kappa shape index (κ1) is 9.69. The Hall–Kier alpha value is -1.52. The number of aromatic nitrogens is 4. The van der Waals surface area contributed by atoms with Crippen molar-refractivity contribution < 1.29 is 0 Å². The molecule has 1 fully saturated rings. The van der Waals surface area contributed by atoms with Crippen LogP contribution in [0.1, 0.15) is 32.0 Å². The number of nitrogens with zero attached hydrogens (tertiary/aromatic N) is 4. The van der Waals surface area contributed by atoms with E-state index in [0.29, 0.717) is 17.4 Å². The second kappa shape index (κ2) is 2.59. The standard InChI is InChI=1S/C11H17N5/c1-6-8-9(15(4)14-6)16(10(12)13-8)7-5-11(7,2)3/h7H,5H2,1-4H3,(H2,12,13). The highest BCUT2D eigenvalue weighted by molar-refractivity contribution is 5.78. The summed E-state index contributed by atoms with van der Waals surface area (Å²) >= 11 is 0. The van der Waals surface area contributed by atoms with Gasteiger partial charge in [0.25, 0.3) is 0 Å². The van der Waals surface area contributed by atoms with Crippen molar-refractivity contribution in [2.75, 3.05) is 5.73 Å². The van der Waals surface area contributed by atoms with Crippen molar-refractivity contribution >= 4 is 17.1 Å². The highest BCUT2D eigenvalue weighted by Crippen LogP contribution is 2.57. The number of imidazole rings is 1. The van der Waals surface area contributed by atoms with Crippen LogP contribution in [0.2, 0.25) is 0 Å². The predicted octanol–water partition coefficient (Wildman–Crippen LogP) is 1.63. The quantitative estimate of drug-likeness (QED) is 0.793. The largest absolute Gasteiger partial charge is 0.369 e. The van der Waals surface area contributed by atoms with Gasteiger partial charge in [0.15, 0.2) is 5.65 Å². The maximum absolute atomic E-state index is 6.01. The molecule has 3 rings (SSSR count). The minimum absolute atomic E-state index is 0.333. The van der Waals surface area contributed by atoms with Crippen LogP contribution in [0.4, 0.5) is 5.95 Å². The van der Waals surface area contributed by atoms with Crippen molar-refractivity contribution in [2.45, 2.75) is 33.2 Å². The lowest BCUT2D eigenvalue weighted by Crippen LogP contribution is -2.08. The molecule has 1 aliphatic carbocycles. The zero-order chi connectivity index (χ0) is 11.7. The first-order chi connectivity index (χ1) is 7.42. The molecule has 0 radical (unpaired) electrons. The maximum atomic E-state index is 6.01. The van der Waals surface area contributed by atoms with Crippen LogP contribution in [0.15, 0.2) is 0 Å². The van der Waals surface area contributed by atoms with Gasteiger partial charge >= 0.3 is 0 Å².